The summed E-state index contributed by atoms with van der Waals surface area (Å²) >= 11 is 0. The van der Waals surface area contributed by atoms with Gasteiger partial charge in [-0.25, -0.2) is 8.78 Å². The SMILES string of the molecule is COc1cc(CN(C)C(=O)C(F)(F)C(F)F)ccc1O. The van der Waals surface area contributed by atoms with Gasteiger partial charge < -0.3 is 14.7 Å². The molecule has 0 atom stereocenters. The zero-order valence-electron chi connectivity index (χ0n) is 10.7. The number of benzene rings is 1. The number of halogens is 4. The van der Waals surface area contributed by atoms with Crippen LogP contribution in [0.1, 0.15) is 5.56 Å². The molecule has 0 spiro atoms. The molecule has 1 N–H and O–H groups in total. The third-order valence-electron chi connectivity index (χ3n) is 2.57. The first-order valence-corrected chi connectivity index (χ1v) is 5.47. The van der Waals surface area contributed by atoms with E-state index >= 15 is 0 Å². The lowest BCUT2D eigenvalue weighted by Crippen LogP contribution is -2.45. The number of hydrogen-bond acceptors (Lipinski definition) is 3. The predicted octanol–water partition coefficient (Wildman–Crippen LogP) is 2.26. The number of aromatic hydroxyl groups is 1. The Labute approximate surface area is 112 Å². The van der Waals surface area contributed by atoms with Gasteiger partial charge in [-0.2, -0.15) is 8.78 Å². The van der Waals surface area contributed by atoms with Crippen LogP contribution in [-0.2, 0) is 11.3 Å². The topological polar surface area (TPSA) is 49.8 Å². The van der Waals surface area contributed by atoms with Crippen LogP contribution < -0.4 is 4.74 Å². The number of carbonyl (C=O) groups excluding carboxylic acids is 1. The molecule has 0 saturated carbocycles. The van der Waals surface area contributed by atoms with E-state index in [1.807, 2.05) is 0 Å². The van der Waals surface area contributed by atoms with Crippen molar-refractivity contribution in [3.8, 4) is 11.5 Å². The van der Waals surface area contributed by atoms with Crippen molar-refractivity contribution in [2.24, 2.45) is 0 Å². The maximum Gasteiger partial charge on any atom is 0.383 e. The van der Waals surface area contributed by atoms with Crippen molar-refractivity contribution in [2.45, 2.75) is 18.9 Å². The molecule has 8 heteroatoms. The Balaban J connectivity index is 2.86. The van der Waals surface area contributed by atoms with Crippen molar-refractivity contribution >= 4 is 5.91 Å². The zero-order chi connectivity index (χ0) is 15.5. The minimum absolute atomic E-state index is 0.0870. The lowest BCUT2D eigenvalue weighted by Gasteiger charge is -2.23. The molecular weight excluding hydrogens is 282 g/mol. The van der Waals surface area contributed by atoms with E-state index in [0.717, 1.165) is 7.05 Å². The van der Waals surface area contributed by atoms with E-state index in [-0.39, 0.29) is 18.0 Å². The van der Waals surface area contributed by atoms with Crippen LogP contribution in [0, 0.1) is 0 Å². The molecule has 112 valence electrons. The summed E-state index contributed by atoms with van der Waals surface area (Å²) in [6, 6.07) is 3.93. The Bertz CT molecular complexity index is 494. The largest absolute Gasteiger partial charge is 0.504 e. The van der Waals surface area contributed by atoms with Crippen molar-refractivity contribution in [1.82, 2.24) is 4.90 Å². The van der Waals surface area contributed by atoms with Crippen LogP contribution in [0.25, 0.3) is 0 Å². The molecule has 0 aliphatic carbocycles. The molecule has 0 aliphatic heterocycles. The summed E-state index contributed by atoms with van der Waals surface area (Å²) in [4.78, 5) is 11.7. The molecule has 1 aromatic rings. The highest BCUT2D eigenvalue weighted by atomic mass is 19.3. The molecule has 1 amide bonds. The van der Waals surface area contributed by atoms with E-state index in [1.165, 1.54) is 25.3 Å². The van der Waals surface area contributed by atoms with Crippen LogP contribution in [0.3, 0.4) is 0 Å². The molecule has 0 unspecified atom stereocenters. The Hall–Kier alpha value is -1.99. The molecule has 0 bridgehead atoms. The standard InChI is InChI=1S/C12H13F4NO3/c1-17(11(19)12(15,16)10(13)14)6-7-3-4-8(18)9(5-7)20-2/h3-5,10,18H,6H2,1-2H3. The molecule has 4 nitrogen and oxygen atoms in total. The van der Waals surface area contributed by atoms with E-state index in [9.17, 15) is 27.5 Å². The average molecular weight is 295 g/mol. The molecule has 1 aromatic carbocycles. The van der Waals surface area contributed by atoms with Gasteiger partial charge in [0.1, 0.15) is 0 Å². The van der Waals surface area contributed by atoms with Crippen LogP contribution in [-0.4, -0.2) is 42.4 Å². The van der Waals surface area contributed by atoms with E-state index in [1.54, 1.807) is 0 Å². The second kappa shape index (κ2) is 5.98. The number of rotatable bonds is 5. The highest BCUT2D eigenvalue weighted by molar-refractivity contribution is 5.83. The normalized spacial score (nSPS) is 11.6. The average Bonchev–Trinajstić information content (AvgIpc) is 2.39. The molecular formula is C12H13F4NO3. The van der Waals surface area contributed by atoms with Crippen molar-refractivity contribution in [3.05, 3.63) is 23.8 Å². The first-order chi connectivity index (χ1) is 9.20. The summed E-state index contributed by atoms with van der Waals surface area (Å²) in [7, 11) is 2.27. The monoisotopic (exact) mass is 295 g/mol. The van der Waals surface area contributed by atoms with Gasteiger partial charge in [0.2, 0.25) is 0 Å². The summed E-state index contributed by atoms with van der Waals surface area (Å²) in [5, 5.41) is 9.36. The number of amides is 1. The Morgan fingerprint density at radius 1 is 1.45 bits per heavy atom. The van der Waals surface area contributed by atoms with E-state index < -0.39 is 18.3 Å². The van der Waals surface area contributed by atoms with Crippen molar-refractivity contribution < 1.29 is 32.2 Å². The molecule has 0 fully saturated rings. The highest BCUT2D eigenvalue weighted by Crippen LogP contribution is 2.28. The molecule has 0 aromatic heterocycles. The van der Waals surface area contributed by atoms with Crippen LogP contribution in [0.5, 0.6) is 11.5 Å². The molecule has 0 radical (unpaired) electrons. The predicted molar refractivity (Wildman–Crippen MR) is 62.1 cm³/mol. The molecule has 1 rings (SSSR count). The number of ether oxygens (including phenoxy) is 1. The minimum atomic E-state index is -4.73. The number of phenols is 1. The van der Waals surface area contributed by atoms with Gasteiger partial charge in [-0.3, -0.25) is 4.79 Å². The second-order valence-corrected chi connectivity index (χ2v) is 4.09. The number of hydrogen-bond donors (Lipinski definition) is 1. The number of nitrogens with zero attached hydrogens (tertiary/aromatic N) is 1. The number of phenolic OH excluding ortho intramolecular Hbond substituents is 1. The molecule has 0 saturated heterocycles. The van der Waals surface area contributed by atoms with Crippen LogP contribution in [0.2, 0.25) is 0 Å². The quantitative estimate of drug-likeness (QED) is 0.848. The van der Waals surface area contributed by atoms with Gasteiger partial charge in [-0.05, 0) is 17.7 Å². The summed E-state index contributed by atoms with van der Waals surface area (Å²) in [5.74, 6) is -6.78. The summed E-state index contributed by atoms with van der Waals surface area (Å²) in [6.45, 7) is -0.322. The number of carbonyl (C=O) groups is 1. The third kappa shape index (κ3) is 3.31. The maximum absolute atomic E-state index is 12.9. The Morgan fingerprint density at radius 2 is 2.05 bits per heavy atom. The first kappa shape index (κ1) is 16.1. The van der Waals surface area contributed by atoms with Gasteiger partial charge in [-0.1, -0.05) is 6.07 Å². The van der Waals surface area contributed by atoms with Gasteiger partial charge in [0.05, 0.1) is 7.11 Å². The van der Waals surface area contributed by atoms with E-state index in [0.29, 0.717) is 10.5 Å². The summed E-state index contributed by atoms with van der Waals surface area (Å²) in [5.41, 5.74) is 0.348. The smallest absolute Gasteiger partial charge is 0.383 e. The second-order valence-electron chi connectivity index (χ2n) is 4.09. The lowest BCUT2D eigenvalue weighted by molar-refractivity contribution is -0.179. The van der Waals surface area contributed by atoms with Crippen LogP contribution in [0.4, 0.5) is 17.6 Å². The summed E-state index contributed by atoms with van der Waals surface area (Å²) in [6.07, 6.45) is -4.06. The van der Waals surface area contributed by atoms with Crippen molar-refractivity contribution in [1.29, 1.82) is 0 Å². The maximum atomic E-state index is 12.9. The van der Waals surface area contributed by atoms with Crippen LogP contribution >= 0.6 is 0 Å². The van der Waals surface area contributed by atoms with E-state index in [2.05, 4.69) is 0 Å². The fraction of sp³-hybridized carbons (Fsp3) is 0.417. The number of methoxy groups -OCH3 is 1. The molecule has 0 heterocycles. The zero-order valence-corrected chi connectivity index (χ0v) is 10.7. The molecule has 0 aliphatic rings. The minimum Gasteiger partial charge on any atom is -0.504 e. The van der Waals surface area contributed by atoms with Gasteiger partial charge >= 0.3 is 12.3 Å². The number of alkyl halides is 4. The van der Waals surface area contributed by atoms with Crippen molar-refractivity contribution in [2.75, 3.05) is 14.2 Å². The van der Waals surface area contributed by atoms with Gasteiger partial charge in [0, 0.05) is 13.6 Å². The molecule has 20 heavy (non-hydrogen) atoms. The first-order valence-electron chi connectivity index (χ1n) is 5.47. The summed E-state index contributed by atoms with van der Waals surface area (Å²) < 4.78 is 54.8. The fourth-order valence-electron chi connectivity index (χ4n) is 1.51. The fourth-order valence-corrected chi connectivity index (χ4v) is 1.51. The van der Waals surface area contributed by atoms with Crippen LogP contribution in [0.15, 0.2) is 18.2 Å². The van der Waals surface area contributed by atoms with Gasteiger partial charge in [-0.15, -0.1) is 0 Å². The van der Waals surface area contributed by atoms with E-state index in [4.69, 9.17) is 4.74 Å². The van der Waals surface area contributed by atoms with Crippen molar-refractivity contribution in [3.63, 3.8) is 0 Å². The highest BCUT2D eigenvalue weighted by Gasteiger charge is 2.50. The Morgan fingerprint density at radius 3 is 2.55 bits per heavy atom. The Kier molecular flexibility index (Phi) is 4.80. The lowest BCUT2D eigenvalue weighted by atomic mass is 10.2. The third-order valence-corrected chi connectivity index (χ3v) is 2.57. The van der Waals surface area contributed by atoms with Gasteiger partial charge in [0.25, 0.3) is 5.91 Å². The van der Waals surface area contributed by atoms with Gasteiger partial charge in [0.15, 0.2) is 11.5 Å².